The molecule has 7 heteroatoms. The standard InChI is InChI=1S/C30H31N3O4/c1-21-25(8-5-9-27(21)23-6-3-2-4-7-23)20-36-26-12-11-24(18-32-14-15-34)30(17-26)37-19-22-10-13-29(33-35)28(31)16-22/h2-13,16-17,31-32,34-35H,14-15,18-20H2,1H3/b31-28?,33-29-. The summed E-state index contributed by atoms with van der Waals surface area (Å²) < 4.78 is 12.3. The van der Waals surface area contributed by atoms with Gasteiger partial charge in [-0.05, 0) is 53.0 Å². The van der Waals surface area contributed by atoms with Crippen LogP contribution in [0.25, 0.3) is 11.1 Å². The first-order chi connectivity index (χ1) is 18.1. The summed E-state index contributed by atoms with van der Waals surface area (Å²) in [6.07, 6.45) is 4.96. The molecule has 0 aliphatic heterocycles. The zero-order valence-corrected chi connectivity index (χ0v) is 20.8. The fourth-order valence-corrected chi connectivity index (χ4v) is 4.06. The number of nitrogens with zero attached hydrogens (tertiary/aromatic N) is 1. The van der Waals surface area contributed by atoms with Crippen molar-refractivity contribution in [3.8, 4) is 22.6 Å². The van der Waals surface area contributed by atoms with Crippen LogP contribution < -0.4 is 14.8 Å². The first-order valence-electron chi connectivity index (χ1n) is 12.1. The fraction of sp³-hybridized carbons (Fsp3) is 0.200. The summed E-state index contributed by atoms with van der Waals surface area (Å²) in [4.78, 5) is 0. The highest BCUT2D eigenvalue weighted by Gasteiger charge is 2.12. The van der Waals surface area contributed by atoms with Crippen LogP contribution in [0.1, 0.15) is 16.7 Å². The second-order valence-electron chi connectivity index (χ2n) is 8.65. The molecule has 0 saturated heterocycles. The van der Waals surface area contributed by atoms with Crippen molar-refractivity contribution >= 4 is 11.4 Å². The van der Waals surface area contributed by atoms with Gasteiger partial charge in [0.15, 0.2) is 0 Å². The molecule has 0 unspecified atom stereocenters. The second kappa shape index (κ2) is 12.7. The highest BCUT2D eigenvalue weighted by Crippen LogP contribution is 2.29. The average molecular weight is 498 g/mol. The molecular weight excluding hydrogens is 466 g/mol. The van der Waals surface area contributed by atoms with E-state index in [0.29, 0.717) is 31.2 Å². The number of ether oxygens (including phenoxy) is 2. The number of oxime groups is 1. The number of hydrogen-bond acceptors (Lipinski definition) is 7. The summed E-state index contributed by atoms with van der Waals surface area (Å²) in [6, 6.07) is 22.3. The van der Waals surface area contributed by atoms with E-state index in [0.717, 1.165) is 16.7 Å². The molecule has 0 atom stereocenters. The number of allylic oxidation sites excluding steroid dienone is 2. The van der Waals surface area contributed by atoms with Crippen LogP contribution in [0.3, 0.4) is 0 Å². The Balaban J connectivity index is 1.49. The maximum atomic E-state index is 9.11. The lowest BCUT2D eigenvalue weighted by Crippen LogP contribution is -2.18. The van der Waals surface area contributed by atoms with Crippen LogP contribution in [0.15, 0.2) is 95.7 Å². The number of nitrogens with one attached hydrogen (secondary N) is 2. The second-order valence-corrected chi connectivity index (χ2v) is 8.65. The van der Waals surface area contributed by atoms with Crippen LogP contribution in [0.5, 0.6) is 11.5 Å². The van der Waals surface area contributed by atoms with Crippen molar-refractivity contribution in [2.24, 2.45) is 5.16 Å². The molecule has 37 heavy (non-hydrogen) atoms. The molecule has 0 heterocycles. The predicted octanol–water partition coefficient (Wildman–Crippen LogP) is 5.05. The van der Waals surface area contributed by atoms with Gasteiger partial charge in [0.25, 0.3) is 0 Å². The minimum Gasteiger partial charge on any atom is -0.489 e. The summed E-state index contributed by atoms with van der Waals surface area (Å²) in [5.74, 6) is 1.33. The molecule has 0 radical (unpaired) electrons. The number of benzene rings is 3. The van der Waals surface area contributed by atoms with Crippen molar-refractivity contribution in [3.63, 3.8) is 0 Å². The van der Waals surface area contributed by atoms with E-state index in [4.69, 9.17) is 25.2 Å². The fourth-order valence-electron chi connectivity index (χ4n) is 4.06. The maximum absolute atomic E-state index is 9.11. The Morgan fingerprint density at radius 1 is 0.919 bits per heavy atom. The monoisotopic (exact) mass is 497 g/mol. The molecule has 4 N–H and O–H groups in total. The minimum atomic E-state index is 0.0489. The lowest BCUT2D eigenvalue weighted by molar-refractivity contribution is 0.290. The van der Waals surface area contributed by atoms with Crippen LogP contribution in [-0.2, 0) is 13.2 Å². The third kappa shape index (κ3) is 6.73. The Hall–Kier alpha value is -4.20. The minimum absolute atomic E-state index is 0.0489. The average Bonchev–Trinajstić information content (AvgIpc) is 2.93. The zero-order chi connectivity index (χ0) is 26.0. The molecule has 1 aliphatic carbocycles. The number of aliphatic hydroxyl groups excluding tert-OH is 1. The summed E-state index contributed by atoms with van der Waals surface area (Å²) in [5.41, 5.74) is 6.69. The first-order valence-corrected chi connectivity index (χ1v) is 12.1. The lowest BCUT2D eigenvalue weighted by Gasteiger charge is -2.17. The van der Waals surface area contributed by atoms with Gasteiger partial charge in [-0.15, -0.1) is 0 Å². The van der Waals surface area contributed by atoms with E-state index in [1.807, 2.05) is 42.5 Å². The number of rotatable bonds is 11. The molecule has 0 amide bonds. The van der Waals surface area contributed by atoms with Gasteiger partial charge >= 0.3 is 0 Å². The normalized spacial score (nSPS) is 14.1. The van der Waals surface area contributed by atoms with Gasteiger partial charge in [0.05, 0.1) is 12.3 Å². The first kappa shape index (κ1) is 25.9. The van der Waals surface area contributed by atoms with Gasteiger partial charge < -0.3 is 25.1 Å². The van der Waals surface area contributed by atoms with Crippen LogP contribution in [0.2, 0.25) is 0 Å². The molecule has 3 aromatic carbocycles. The lowest BCUT2D eigenvalue weighted by atomic mass is 9.97. The molecule has 1 aliphatic rings. The van der Waals surface area contributed by atoms with Gasteiger partial charge in [0.2, 0.25) is 0 Å². The van der Waals surface area contributed by atoms with E-state index in [9.17, 15) is 0 Å². The SMILES string of the molecule is Cc1c(COc2ccc(CNCCO)c(OCC3=CC(=N)/C(=N\O)C=C3)c2)cccc1-c1ccccc1. The topological polar surface area (TPSA) is 107 Å². The van der Waals surface area contributed by atoms with E-state index in [1.54, 1.807) is 18.2 Å². The van der Waals surface area contributed by atoms with E-state index in [-0.39, 0.29) is 24.6 Å². The van der Waals surface area contributed by atoms with Crippen LogP contribution >= 0.6 is 0 Å². The Kier molecular flexibility index (Phi) is 8.86. The molecule has 3 aromatic rings. The molecule has 190 valence electrons. The highest BCUT2D eigenvalue weighted by atomic mass is 16.5. The summed E-state index contributed by atoms with van der Waals surface area (Å²) in [6.45, 7) is 3.83. The number of hydrogen-bond donors (Lipinski definition) is 4. The van der Waals surface area contributed by atoms with Crippen molar-refractivity contribution in [2.75, 3.05) is 19.8 Å². The Morgan fingerprint density at radius 3 is 2.51 bits per heavy atom. The third-order valence-electron chi connectivity index (χ3n) is 6.13. The molecule has 4 rings (SSSR count). The van der Waals surface area contributed by atoms with Gasteiger partial charge in [0, 0.05) is 24.7 Å². The zero-order valence-electron chi connectivity index (χ0n) is 20.8. The molecule has 0 bridgehead atoms. The molecule has 0 spiro atoms. The number of aliphatic hydroxyl groups is 1. The summed E-state index contributed by atoms with van der Waals surface area (Å²) in [7, 11) is 0. The molecule has 0 aromatic heterocycles. The highest BCUT2D eigenvalue weighted by molar-refractivity contribution is 6.50. The summed E-state index contributed by atoms with van der Waals surface area (Å²) >= 11 is 0. The molecular formula is C30H31N3O4. The van der Waals surface area contributed by atoms with Gasteiger partial charge in [-0.25, -0.2) is 0 Å². The maximum Gasteiger partial charge on any atom is 0.127 e. The third-order valence-corrected chi connectivity index (χ3v) is 6.13. The van der Waals surface area contributed by atoms with E-state index < -0.39 is 0 Å². The van der Waals surface area contributed by atoms with Crippen LogP contribution in [-0.4, -0.2) is 41.5 Å². The van der Waals surface area contributed by atoms with Crippen molar-refractivity contribution in [1.29, 1.82) is 5.41 Å². The van der Waals surface area contributed by atoms with E-state index in [1.165, 1.54) is 16.7 Å². The Bertz CT molecular complexity index is 1330. The van der Waals surface area contributed by atoms with Crippen molar-refractivity contribution in [2.45, 2.75) is 20.1 Å². The van der Waals surface area contributed by atoms with Crippen LogP contribution in [0, 0.1) is 12.3 Å². The molecule has 0 saturated carbocycles. The Labute approximate surface area is 216 Å². The van der Waals surface area contributed by atoms with Crippen molar-refractivity contribution in [3.05, 3.63) is 107 Å². The molecule has 0 fully saturated rings. The largest absolute Gasteiger partial charge is 0.489 e. The van der Waals surface area contributed by atoms with Crippen molar-refractivity contribution < 1.29 is 19.8 Å². The quantitative estimate of drug-likeness (QED) is 0.128. The predicted molar refractivity (Wildman–Crippen MR) is 146 cm³/mol. The van der Waals surface area contributed by atoms with Gasteiger partial charge in [-0.2, -0.15) is 0 Å². The van der Waals surface area contributed by atoms with E-state index >= 15 is 0 Å². The molecule has 7 nitrogen and oxygen atoms in total. The van der Waals surface area contributed by atoms with Crippen molar-refractivity contribution in [1.82, 2.24) is 5.32 Å². The Morgan fingerprint density at radius 2 is 1.76 bits per heavy atom. The van der Waals surface area contributed by atoms with E-state index in [2.05, 4.69) is 41.7 Å². The van der Waals surface area contributed by atoms with Gasteiger partial charge in [-0.3, -0.25) is 5.41 Å². The summed E-state index contributed by atoms with van der Waals surface area (Å²) in [5, 5.41) is 32.3. The van der Waals surface area contributed by atoms with Crippen LogP contribution in [0.4, 0.5) is 0 Å². The smallest absolute Gasteiger partial charge is 0.127 e. The van der Waals surface area contributed by atoms with Gasteiger partial charge in [0.1, 0.15) is 30.4 Å². The van der Waals surface area contributed by atoms with Gasteiger partial charge in [-0.1, -0.05) is 65.8 Å².